The SMILES string of the molecule is CCc1ccccc1C(=O)NC(CCN)COC. The largest absolute Gasteiger partial charge is 0.383 e. The summed E-state index contributed by atoms with van der Waals surface area (Å²) in [6.07, 6.45) is 1.56. The van der Waals surface area contributed by atoms with Gasteiger partial charge in [0.2, 0.25) is 0 Å². The summed E-state index contributed by atoms with van der Waals surface area (Å²) in [5, 5.41) is 2.97. The molecule has 18 heavy (non-hydrogen) atoms. The smallest absolute Gasteiger partial charge is 0.251 e. The van der Waals surface area contributed by atoms with Crippen molar-refractivity contribution in [2.24, 2.45) is 5.73 Å². The average Bonchev–Trinajstić information content (AvgIpc) is 2.39. The van der Waals surface area contributed by atoms with E-state index < -0.39 is 0 Å². The van der Waals surface area contributed by atoms with Gasteiger partial charge in [-0.1, -0.05) is 25.1 Å². The third-order valence-electron chi connectivity index (χ3n) is 2.86. The summed E-state index contributed by atoms with van der Waals surface area (Å²) in [7, 11) is 1.62. The fraction of sp³-hybridized carbons (Fsp3) is 0.500. The first-order valence-corrected chi connectivity index (χ1v) is 6.30. The van der Waals surface area contributed by atoms with Crippen molar-refractivity contribution in [2.45, 2.75) is 25.8 Å². The Balaban J connectivity index is 2.73. The molecule has 0 saturated heterocycles. The number of benzene rings is 1. The molecule has 0 fully saturated rings. The topological polar surface area (TPSA) is 64.4 Å². The second kappa shape index (κ2) is 7.84. The van der Waals surface area contributed by atoms with Crippen LogP contribution < -0.4 is 11.1 Å². The van der Waals surface area contributed by atoms with Gasteiger partial charge >= 0.3 is 0 Å². The monoisotopic (exact) mass is 250 g/mol. The quantitative estimate of drug-likeness (QED) is 0.767. The molecule has 0 aromatic heterocycles. The van der Waals surface area contributed by atoms with Crippen LogP contribution in [0, 0.1) is 0 Å². The van der Waals surface area contributed by atoms with Crippen LogP contribution in [0.5, 0.6) is 0 Å². The minimum absolute atomic E-state index is 0.0302. The maximum atomic E-state index is 12.2. The van der Waals surface area contributed by atoms with Crippen molar-refractivity contribution in [3.63, 3.8) is 0 Å². The van der Waals surface area contributed by atoms with Crippen molar-refractivity contribution in [2.75, 3.05) is 20.3 Å². The molecule has 0 aliphatic rings. The van der Waals surface area contributed by atoms with Crippen molar-refractivity contribution < 1.29 is 9.53 Å². The van der Waals surface area contributed by atoms with Crippen LogP contribution in [0.2, 0.25) is 0 Å². The van der Waals surface area contributed by atoms with Gasteiger partial charge in [-0.15, -0.1) is 0 Å². The molecule has 4 nitrogen and oxygen atoms in total. The number of methoxy groups -OCH3 is 1. The Labute approximate surface area is 109 Å². The fourth-order valence-corrected chi connectivity index (χ4v) is 1.91. The number of carbonyl (C=O) groups excluding carboxylic acids is 1. The van der Waals surface area contributed by atoms with E-state index in [0.717, 1.165) is 17.5 Å². The van der Waals surface area contributed by atoms with E-state index in [-0.39, 0.29) is 11.9 Å². The lowest BCUT2D eigenvalue weighted by molar-refractivity contribution is 0.0892. The van der Waals surface area contributed by atoms with Crippen LogP contribution in [0.4, 0.5) is 0 Å². The molecule has 0 bridgehead atoms. The number of nitrogens with one attached hydrogen (secondary N) is 1. The number of aryl methyl sites for hydroxylation is 1. The summed E-state index contributed by atoms with van der Waals surface area (Å²) >= 11 is 0. The lowest BCUT2D eigenvalue weighted by Gasteiger charge is -2.18. The highest BCUT2D eigenvalue weighted by atomic mass is 16.5. The molecule has 0 aliphatic carbocycles. The lowest BCUT2D eigenvalue weighted by Crippen LogP contribution is -2.39. The van der Waals surface area contributed by atoms with Crippen LogP contribution in [0.25, 0.3) is 0 Å². The van der Waals surface area contributed by atoms with Crippen molar-refractivity contribution >= 4 is 5.91 Å². The standard InChI is InChI=1S/C14H22N2O2/c1-3-11-6-4-5-7-13(11)14(17)16-12(8-9-15)10-18-2/h4-7,12H,3,8-10,15H2,1-2H3,(H,16,17). The molecule has 1 aromatic carbocycles. The van der Waals surface area contributed by atoms with Crippen molar-refractivity contribution in [3.8, 4) is 0 Å². The number of carbonyl (C=O) groups is 1. The van der Waals surface area contributed by atoms with Gasteiger partial charge in [-0.25, -0.2) is 0 Å². The van der Waals surface area contributed by atoms with E-state index in [1.165, 1.54) is 0 Å². The lowest BCUT2D eigenvalue weighted by atomic mass is 10.0. The average molecular weight is 250 g/mol. The zero-order valence-electron chi connectivity index (χ0n) is 11.1. The van der Waals surface area contributed by atoms with Gasteiger partial charge in [0.25, 0.3) is 5.91 Å². The van der Waals surface area contributed by atoms with Gasteiger partial charge in [-0.3, -0.25) is 4.79 Å². The van der Waals surface area contributed by atoms with Crippen LogP contribution in [0.3, 0.4) is 0 Å². The molecule has 0 heterocycles. The minimum Gasteiger partial charge on any atom is -0.383 e. The van der Waals surface area contributed by atoms with Gasteiger partial charge in [0.15, 0.2) is 0 Å². The van der Waals surface area contributed by atoms with Crippen LogP contribution in [0.15, 0.2) is 24.3 Å². The number of ether oxygens (including phenoxy) is 1. The highest BCUT2D eigenvalue weighted by molar-refractivity contribution is 5.95. The minimum atomic E-state index is -0.0528. The van der Waals surface area contributed by atoms with Crippen LogP contribution >= 0.6 is 0 Å². The summed E-state index contributed by atoms with van der Waals surface area (Å²) in [6.45, 7) is 3.06. The molecular formula is C14H22N2O2. The van der Waals surface area contributed by atoms with E-state index in [1.54, 1.807) is 7.11 Å². The van der Waals surface area contributed by atoms with E-state index in [2.05, 4.69) is 5.32 Å². The summed E-state index contributed by atoms with van der Waals surface area (Å²) in [6, 6.07) is 7.62. The van der Waals surface area contributed by atoms with E-state index in [1.807, 2.05) is 31.2 Å². The van der Waals surface area contributed by atoms with Crippen LogP contribution in [-0.2, 0) is 11.2 Å². The Morgan fingerprint density at radius 1 is 1.44 bits per heavy atom. The van der Waals surface area contributed by atoms with Gasteiger partial charge in [0, 0.05) is 12.7 Å². The van der Waals surface area contributed by atoms with Crippen LogP contribution in [0.1, 0.15) is 29.3 Å². The maximum absolute atomic E-state index is 12.2. The zero-order valence-corrected chi connectivity index (χ0v) is 11.1. The first-order chi connectivity index (χ1) is 8.72. The Morgan fingerprint density at radius 3 is 2.78 bits per heavy atom. The molecule has 1 rings (SSSR count). The molecule has 0 spiro atoms. The molecule has 0 radical (unpaired) electrons. The van der Waals surface area contributed by atoms with Crippen molar-refractivity contribution in [3.05, 3.63) is 35.4 Å². The van der Waals surface area contributed by atoms with Gasteiger partial charge in [-0.2, -0.15) is 0 Å². The normalized spacial score (nSPS) is 12.2. The Hall–Kier alpha value is -1.39. The van der Waals surface area contributed by atoms with Gasteiger partial charge in [0.05, 0.1) is 12.6 Å². The Kier molecular flexibility index (Phi) is 6.39. The van der Waals surface area contributed by atoms with Crippen molar-refractivity contribution in [1.82, 2.24) is 5.32 Å². The first-order valence-electron chi connectivity index (χ1n) is 6.30. The first kappa shape index (κ1) is 14.7. The number of nitrogens with two attached hydrogens (primary N) is 1. The molecule has 4 heteroatoms. The summed E-state index contributed by atoms with van der Waals surface area (Å²) in [5.41, 5.74) is 7.31. The van der Waals surface area contributed by atoms with E-state index in [9.17, 15) is 4.79 Å². The predicted molar refractivity (Wildman–Crippen MR) is 72.6 cm³/mol. The highest BCUT2D eigenvalue weighted by Gasteiger charge is 2.14. The summed E-state index contributed by atoms with van der Waals surface area (Å²) < 4.78 is 5.08. The van der Waals surface area contributed by atoms with Gasteiger partial charge in [-0.05, 0) is 31.0 Å². The van der Waals surface area contributed by atoms with E-state index >= 15 is 0 Å². The predicted octanol–water partition coefficient (Wildman–Crippen LogP) is 1.34. The number of hydrogen-bond donors (Lipinski definition) is 2. The van der Waals surface area contributed by atoms with Crippen LogP contribution in [-0.4, -0.2) is 32.2 Å². The maximum Gasteiger partial charge on any atom is 0.251 e. The van der Waals surface area contributed by atoms with Gasteiger partial charge in [0.1, 0.15) is 0 Å². The molecule has 1 aromatic rings. The molecule has 1 unspecified atom stereocenters. The summed E-state index contributed by atoms with van der Waals surface area (Å²) in [5.74, 6) is -0.0528. The number of rotatable bonds is 7. The third kappa shape index (κ3) is 4.13. The third-order valence-corrected chi connectivity index (χ3v) is 2.86. The molecular weight excluding hydrogens is 228 g/mol. The second-order valence-electron chi connectivity index (χ2n) is 4.21. The zero-order chi connectivity index (χ0) is 13.4. The molecule has 100 valence electrons. The van der Waals surface area contributed by atoms with Crippen molar-refractivity contribution in [1.29, 1.82) is 0 Å². The number of hydrogen-bond acceptors (Lipinski definition) is 3. The molecule has 3 N–H and O–H groups in total. The molecule has 0 aliphatic heterocycles. The van der Waals surface area contributed by atoms with E-state index in [0.29, 0.717) is 19.6 Å². The van der Waals surface area contributed by atoms with E-state index in [4.69, 9.17) is 10.5 Å². The fourth-order valence-electron chi connectivity index (χ4n) is 1.91. The number of amides is 1. The Bertz CT molecular complexity index is 374. The second-order valence-corrected chi connectivity index (χ2v) is 4.21. The molecule has 1 amide bonds. The highest BCUT2D eigenvalue weighted by Crippen LogP contribution is 2.09. The summed E-state index contributed by atoms with van der Waals surface area (Å²) in [4.78, 5) is 12.2. The van der Waals surface area contributed by atoms with Gasteiger partial charge < -0.3 is 15.8 Å². The molecule has 0 saturated carbocycles. The molecule has 1 atom stereocenters. The Morgan fingerprint density at radius 2 is 2.17 bits per heavy atom.